The number of carboxylic acids is 1. The minimum atomic E-state index is -1.48. The third-order valence-corrected chi connectivity index (χ3v) is 3.18. The van der Waals surface area contributed by atoms with Gasteiger partial charge in [-0.1, -0.05) is 0 Å². The molecule has 1 rings (SSSR count). The van der Waals surface area contributed by atoms with Gasteiger partial charge in [-0.25, -0.2) is 4.79 Å². The molecule has 0 bridgehead atoms. The molecule has 1 unspecified atom stereocenters. The van der Waals surface area contributed by atoms with E-state index in [1.165, 1.54) is 20.2 Å². The van der Waals surface area contributed by atoms with Gasteiger partial charge in [-0.2, -0.15) is 5.10 Å². The molecule has 1 aromatic rings. The summed E-state index contributed by atoms with van der Waals surface area (Å²) in [5.41, 5.74) is -0.702. The van der Waals surface area contributed by atoms with E-state index in [0.717, 1.165) is 0 Å². The summed E-state index contributed by atoms with van der Waals surface area (Å²) in [5, 5.41) is 16.0. The maximum absolute atomic E-state index is 12.3. The summed E-state index contributed by atoms with van der Waals surface area (Å²) in [6.07, 6.45) is 1.45. The Morgan fingerprint density at radius 3 is 2.33 bits per heavy atom. The van der Waals surface area contributed by atoms with Crippen molar-refractivity contribution in [3.63, 3.8) is 0 Å². The number of amides is 1. The number of nitrogens with one attached hydrogen (secondary N) is 1. The number of hydrogen-bond donors (Lipinski definition) is 2. The Hall–Kier alpha value is -1.89. The van der Waals surface area contributed by atoms with Crippen LogP contribution in [0.1, 0.15) is 43.7 Å². The zero-order chi connectivity index (χ0) is 16.4. The van der Waals surface area contributed by atoms with Crippen LogP contribution in [0.15, 0.2) is 6.20 Å². The van der Waals surface area contributed by atoms with Gasteiger partial charge in [-0.3, -0.25) is 9.48 Å². The summed E-state index contributed by atoms with van der Waals surface area (Å²) in [4.78, 5) is 23.6. The van der Waals surface area contributed by atoms with Gasteiger partial charge < -0.3 is 15.2 Å². The normalized spacial score (nSPS) is 14.6. The van der Waals surface area contributed by atoms with E-state index in [9.17, 15) is 14.7 Å². The lowest BCUT2D eigenvalue weighted by atomic mass is 10.0. The number of nitrogens with zero attached hydrogens (tertiary/aromatic N) is 2. The highest BCUT2D eigenvalue weighted by molar-refractivity contribution is 5.98. The van der Waals surface area contributed by atoms with Crippen molar-refractivity contribution in [2.45, 2.75) is 45.7 Å². The molecule has 0 saturated carbocycles. The molecular formula is C14H23N3O4. The van der Waals surface area contributed by atoms with Gasteiger partial charge in [0.2, 0.25) is 0 Å². The molecule has 0 spiro atoms. The Balaban J connectivity index is 3.05. The molecule has 1 amide bonds. The molecule has 0 aromatic carbocycles. The van der Waals surface area contributed by atoms with E-state index >= 15 is 0 Å². The fourth-order valence-corrected chi connectivity index (χ4v) is 2.07. The number of carbonyl (C=O) groups is 2. The van der Waals surface area contributed by atoms with Gasteiger partial charge >= 0.3 is 5.97 Å². The maximum atomic E-state index is 12.3. The van der Waals surface area contributed by atoms with Crippen molar-refractivity contribution in [1.29, 1.82) is 0 Å². The van der Waals surface area contributed by atoms with E-state index in [0.29, 0.717) is 11.3 Å². The summed E-state index contributed by atoms with van der Waals surface area (Å²) in [6.45, 7) is 8.98. The van der Waals surface area contributed by atoms with E-state index < -0.39 is 17.4 Å². The SMILES string of the molecule is COCC(C)(NC(=O)c1cnn(C(C)(C)C)c1C)C(=O)O. The minimum Gasteiger partial charge on any atom is -0.479 e. The van der Waals surface area contributed by atoms with Crippen LogP contribution in [-0.4, -0.2) is 46.0 Å². The molecule has 2 N–H and O–H groups in total. The van der Waals surface area contributed by atoms with E-state index in [1.807, 2.05) is 20.8 Å². The number of hydrogen-bond acceptors (Lipinski definition) is 4. The number of carbonyl (C=O) groups excluding carboxylic acids is 1. The first-order valence-corrected chi connectivity index (χ1v) is 6.63. The van der Waals surface area contributed by atoms with Crippen molar-refractivity contribution in [2.75, 3.05) is 13.7 Å². The zero-order valence-electron chi connectivity index (χ0n) is 13.4. The lowest BCUT2D eigenvalue weighted by molar-refractivity contribution is -0.145. The van der Waals surface area contributed by atoms with Crippen molar-refractivity contribution < 1.29 is 19.4 Å². The highest BCUT2D eigenvalue weighted by Gasteiger charge is 2.36. The molecule has 0 radical (unpaired) electrons. The number of aromatic nitrogens is 2. The van der Waals surface area contributed by atoms with Crippen LogP contribution in [0, 0.1) is 6.92 Å². The van der Waals surface area contributed by atoms with E-state index in [2.05, 4.69) is 10.4 Å². The number of ether oxygens (including phenoxy) is 1. The summed E-state index contributed by atoms with van der Waals surface area (Å²) < 4.78 is 6.61. The first kappa shape index (κ1) is 17.2. The first-order chi connectivity index (χ1) is 9.53. The fourth-order valence-electron chi connectivity index (χ4n) is 2.07. The molecule has 1 atom stereocenters. The van der Waals surface area contributed by atoms with Gasteiger partial charge in [-0.05, 0) is 34.6 Å². The van der Waals surface area contributed by atoms with E-state index in [1.54, 1.807) is 11.6 Å². The summed E-state index contributed by atoms with van der Waals surface area (Å²) in [6, 6.07) is 0. The third kappa shape index (κ3) is 3.60. The highest BCUT2D eigenvalue weighted by Crippen LogP contribution is 2.19. The van der Waals surface area contributed by atoms with Crippen molar-refractivity contribution in [3.05, 3.63) is 17.5 Å². The maximum Gasteiger partial charge on any atom is 0.331 e. The van der Waals surface area contributed by atoms with E-state index in [-0.39, 0.29) is 12.1 Å². The van der Waals surface area contributed by atoms with Crippen LogP contribution in [0.4, 0.5) is 0 Å². The second kappa shape index (κ2) is 5.85. The molecule has 0 fully saturated rings. The average Bonchev–Trinajstić information content (AvgIpc) is 2.70. The van der Waals surface area contributed by atoms with E-state index in [4.69, 9.17) is 4.74 Å². The predicted molar refractivity (Wildman–Crippen MR) is 77.3 cm³/mol. The quantitative estimate of drug-likeness (QED) is 0.851. The topological polar surface area (TPSA) is 93.5 Å². The molecule has 0 aliphatic carbocycles. The third-order valence-electron chi connectivity index (χ3n) is 3.18. The van der Waals surface area contributed by atoms with Gasteiger partial charge in [0.05, 0.1) is 23.9 Å². The fraction of sp³-hybridized carbons (Fsp3) is 0.643. The zero-order valence-corrected chi connectivity index (χ0v) is 13.4. The standard InChI is InChI=1S/C14H23N3O4/c1-9-10(7-15-17(9)13(2,3)4)11(18)16-14(5,8-21-6)12(19)20/h7H,8H2,1-6H3,(H,16,18)(H,19,20). The van der Waals surface area contributed by atoms with Crippen molar-refractivity contribution in [3.8, 4) is 0 Å². The van der Waals surface area contributed by atoms with Crippen LogP contribution in [0.3, 0.4) is 0 Å². The smallest absolute Gasteiger partial charge is 0.331 e. The van der Waals surface area contributed by atoms with Crippen molar-refractivity contribution in [2.24, 2.45) is 0 Å². The number of methoxy groups -OCH3 is 1. The van der Waals surface area contributed by atoms with Crippen molar-refractivity contribution in [1.82, 2.24) is 15.1 Å². The monoisotopic (exact) mass is 297 g/mol. The molecule has 0 saturated heterocycles. The Morgan fingerprint density at radius 2 is 1.95 bits per heavy atom. The lowest BCUT2D eigenvalue weighted by Crippen LogP contribution is -2.55. The van der Waals surface area contributed by atoms with Gasteiger partial charge in [0.1, 0.15) is 0 Å². The Morgan fingerprint density at radius 1 is 1.38 bits per heavy atom. The molecule has 118 valence electrons. The minimum absolute atomic E-state index is 0.124. The van der Waals surface area contributed by atoms with Gasteiger partial charge in [0, 0.05) is 12.8 Å². The molecule has 7 nitrogen and oxygen atoms in total. The summed E-state index contributed by atoms with van der Waals surface area (Å²) in [7, 11) is 1.39. The Bertz CT molecular complexity index is 545. The molecular weight excluding hydrogens is 274 g/mol. The molecule has 1 aromatic heterocycles. The largest absolute Gasteiger partial charge is 0.479 e. The second-order valence-corrected chi connectivity index (χ2v) is 6.25. The number of rotatable bonds is 5. The van der Waals surface area contributed by atoms with Crippen LogP contribution in [0.5, 0.6) is 0 Å². The van der Waals surface area contributed by atoms with Crippen LogP contribution in [0.2, 0.25) is 0 Å². The van der Waals surface area contributed by atoms with Crippen LogP contribution < -0.4 is 5.32 Å². The summed E-state index contributed by atoms with van der Waals surface area (Å²) >= 11 is 0. The average molecular weight is 297 g/mol. The van der Waals surface area contributed by atoms with Crippen LogP contribution in [0.25, 0.3) is 0 Å². The number of carboxylic acid groups (broad SMARTS) is 1. The lowest BCUT2D eigenvalue weighted by Gasteiger charge is -2.25. The second-order valence-electron chi connectivity index (χ2n) is 6.25. The molecule has 0 aliphatic rings. The predicted octanol–water partition coefficient (Wildman–Crippen LogP) is 1.17. The molecule has 1 heterocycles. The van der Waals surface area contributed by atoms with Crippen LogP contribution in [-0.2, 0) is 15.1 Å². The molecule has 7 heteroatoms. The molecule has 0 aliphatic heterocycles. The highest BCUT2D eigenvalue weighted by atomic mass is 16.5. The first-order valence-electron chi connectivity index (χ1n) is 6.63. The Kier molecular flexibility index (Phi) is 4.78. The van der Waals surface area contributed by atoms with Gasteiger partial charge in [-0.15, -0.1) is 0 Å². The van der Waals surface area contributed by atoms with Crippen LogP contribution >= 0.6 is 0 Å². The number of aliphatic carboxylic acids is 1. The van der Waals surface area contributed by atoms with Gasteiger partial charge in [0.15, 0.2) is 5.54 Å². The Labute approximate surface area is 124 Å². The summed E-state index contributed by atoms with van der Waals surface area (Å²) in [5.74, 6) is -1.64. The van der Waals surface area contributed by atoms with Gasteiger partial charge in [0.25, 0.3) is 5.91 Å². The van der Waals surface area contributed by atoms with Crippen molar-refractivity contribution >= 4 is 11.9 Å². The molecule has 21 heavy (non-hydrogen) atoms.